The Morgan fingerprint density at radius 2 is 1.97 bits per heavy atom. The Balaban J connectivity index is 1.74. The summed E-state index contributed by atoms with van der Waals surface area (Å²) in [6.45, 7) is 14.6. The lowest BCUT2D eigenvalue weighted by molar-refractivity contribution is -0.138. The molecular formula is C29H33BrN4O3S. The minimum Gasteiger partial charge on any atom is -0.489 e. The third-order valence-electron chi connectivity index (χ3n) is 6.14. The maximum absolute atomic E-state index is 13.3. The summed E-state index contributed by atoms with van der Waals surface area (Å²) in [6, 6.07) is 13.7. The number of halogens is 1. The number of esters is 1. The fourth-order valence-electron chi connectivity index (χ4n) is 4.21. The van der Waals surface area contributed by atoms with Gasteiger partial charge in [0.1, 0.15) is 25.0 Å². The van der Waals surface area contributed by atoms with E-state index in [1.807, 2.05) is 32.0 Å². The monoisotopic (exact) mass is 596 g/mol. The van der Waals surface area contributed by atoms with E-state index in [1.165, 1.54) is 17.3 Å². The van der Waals surface area contributed by atoms with Crippen molar-refractivity contribution >= 4 is 39.6 Å². The molecule has 0 amide bonds. The average Bonchev–Trinajstić information content (AvgIpc) is 3.27. The number of hydrogen-bond acceptors (Lipinski definition) is 7. The van der Waals surface area contributed by atoms with Gasteiger partial charge in [-0.1, -0.05) is 92.3 Å². The van der Waals surface area contributed by atoms with Crippen LogP contribution in [0.15, 0.2) is 76.0 Å². The van der Waals surface area contributed by atoms with E-state index < -0.39 is 12.0 Å². The number of fused-ring (bicyclic) bond motifs is 1. The first-order valence-corrected chi connectivity index (χ1v) is 14.3. The molecular weight excluding hydrogens is 564 g/mol. The summed E-state index contributed by atoms with van der Waals surface area (Å²) in [5.41, 5.74) is 4.27. The molecule has 2 aromatic carbocycles. The largest absolute Gasteiger partial charge is 0.489 e. The zero-order valence-corrected chi connectivity index (χ0v) is 24.8. The molecule has 1 aliphatic rings. The number of carbonyl (C=O) groups excluding carboxylic acids is 1. The highest BCUT2D eigenvalue weighted by Gasteiger charge is 2.37. The van der Waals surface area contributed by atoms with Crippen LogP contribution in [0.4, 0.5) is 5.95 Å². The van der Waals surface area contributed by atoms with Gasteiger partial charge in [0.15, 0.2) is 0 Å². The van der Waals surface area contributed by atoms with Crippen molar-refractivity contribution in [1.82, 2.24) is 14.8 Å². The fourth-order valence-corrected chi connectivity index (χ4v) is 5.15. The molecule has 4 rings (SSSR count). The summed E-state index contributed by atoms with van der Waals surface area (Å²) < 4.78 is 14.5. The van der Waals surface area contributed by atoms with Crippen LogP contribution >= 0.6 is 27.7 Å². The Labute approximate surface area is 236 Å². The molecule has 9 heteroatoms. The molecule has 3 aromatic rings. The van der Waals surface area contributed by atoms with Crippen molar-refractivity contribution < 1.29 is 14.3 Å². The Morgan fingerprint density at radius 1 is 1.24 bits per heavy atom. The van der Waals surface area contributed by atoms with E-state index in [9.17, 15) is 4.79 Å². The second kappa shape index (κ2) is 11.8. The molecule has 0 saturated carbocycles. The molecule has 0 saturated heterocycles. The van der Waals surface area contributed by atoms with Gasteiger partial charge in [-0.25, -0.2) is 9.48 Å². The quantitative estimate of drug-likeness (QED) is 0.161. The van der Waals surface area contributed by atoms with Crippen LogP contribution in [-0.4, -0.2) is 33.1 Å². The molecule has 0 radical (unpaired) electrons. The van der Waals surface area contributed by atoms with Crippen molar-refractivity contribution in [2.75, 3.05) is 17.7 Å². The Morgan fingerprint density at radius 3 is 2.63 bits per heavy atom. The summed E-state index contributed by atoms with van der Waals surface area (Å²) >= 11 is 5.14. The summed E-state index contributed by atoms with van der Waals surface area (Å²) in [7, 11) is 0. The minimum atomic E-state index is -0.599. The van der Waals surface area contributed by atoms with E-state index in [0.29, 0.717) is 34.7 Å². The van der Waals surface area contributed by atoms with Crippen molar-refractivity contribution in [1.29, 1.82) is 0 Å². The molecule has 0 aliphatic carbocycles. The van der Waals surface area contributed by atoms with Gasteiger partial charge in [-0.15, -0.1) is 5.10 Å². The average molecular weight is 598 g/mol. The van der Waals surface area contributed by atoms with E-state index in [-0.39, 0.29) is 12.0 Å². The predicted octanol–water partition coefficient (Wildman–Crippen LogP) is 7.05. The Hall–Kier alpha value is -3.04. The van der Waals surface area contributed by atoms with Crippen LogP contribution in [0, 0.1) is 0 Å². The number of aromatic nitrogens is 3. The molecule has 1 atom stereocenters. The predicted molar refractivity (Wildman–Crippen MR) is 156 cm³/mol. The second-order valence-corrected chi connectivity index (χ2v) is 12.1. The van der Waals surface area contributed by atoms with E-state index in [0.717, 1.165) is 21.4 Å². The highest BCUT2D eigenvalue weighted by molar-refractivity contribution is 9.10. The smallest absolute Gasteiger partial charge is 0.338 e. The normalized spacial score (nSPS) is 15.1. The van der Waals surface area contributed by atoms with Crippen LogP contribution in [0.5, 0.6) is 5.75 Å². The SMILES string of the molecule is C=CCOC(=O)C1=C(C)Nc2nc(SCC)nn2C1c1cc(Br)ccc1OCc1ccc(C(C)(C)C)cc1. The van der Waals surface area contributed by atoms with Crippen molar-refractivity contribution in [3.05, 3.63) is 87.6 Å². The lowest BCUT2D eigenvalue weighted by Crippen LogP contribution is -2.30. The summed E-state index contributed by atoms with van der Waals surface area (Å²) in [5.74, 6) is 1.59. The third kappa shape index (κ3) is 6.15. The molecule has 1 aromatic heterocycles. The fraction of sp³-hybridized carbons (Fsp3) is 0.345. The van der Waals surface area contributed by atoms with Gasteiger partial charge in [0, 0.05) is 15.7 Å². The van der Waals surface area contributed by atoms with E-state index >= 15 is 0 Å². The maximum atomic E-state index is 13.3. The first-order valence-electron chi connectivity index (χ1n) is 12.5. The van der Waals surface area contributed by atoms with Crippen LogP contribution in [0.1, 0.15) is 57.4 Å². The number of benzene rings is 2. The van der Waals surface area contributed by atoms with Crippen molar-refractivity contribution in [3.8, 4) is 5.75 Å². The van der Waals surface area contributed by atoms with Crippen LogP contribution in [-0.2, 0) is 21.6 Å². The second-order valence-electron chi connectivity index (χ2n) is 9.97. The first kappa shape index (κ1) is 28.0. The molecule has 1 aliphatic heterocycles. The topological polar surface area (TPSA) is 78.3 Å². The number of nitrogens with one attached hydrogen (secondary N) is 1. The van der Waals surface area contributed by atoms with Crippen LogP contribution < -0.4 is 10.1 Å². The van der Waals surface area contributed by atoms with Crippen LogP contribution in [0.25, 0.3) is 0 Å². The van der Waals surface area contributed by atoms with E-state index in [1.54, 1.807) is 10.8 Å². The van der Waals surface area contributed by atoms with Gasteiger partial charge in [0.05, 0.1) is 5.57 Å². The van der Waals surface area contributed by atoms with Gasteiger partial charge < -0.3 is 14.8 Å². The van der Waals surface area contributed by atoms with Gasteiger partial charge in [-0.2, -0.15) is 4.98 Å². The molecule has 2 heterocycles. The van der Waals surface area contributed by atoms with Crippen molar-refractivity contribution in [2.45, 2.75) is 57.8 Å². The number of anilines is 1. The van der Waals surface area contributed by atoms with Gasteiger partial charge in [0.2, 0.25) is 11.1 Å². The Kier molecular flexibility index (Phi) is 8.67. The van der Waals surface area contributed by atoms with E-state index in [4.69, 9.17) is 14.6 Å². The molecule has 1 N–H and O–H groups in total. The number of allylic oxidation sites excluding steroid dienone is 1. The Bertz CT molecular complexity index is 1360. The molecule has 7 nitrogen and oxygen atoms in total. The number of rotatable bonds is 9. The van der Waals surface area contributed by atoms with Crippen molar-refractivity contribution in [2.24, 2.45) is 0 Å². The zero-order chi connectivity index (χ0) is 27.4. The van der Waals surface area contributed by atoms with Gasteiger partial charge in [-0.05, 0) is 47.4 Å². The van der Waals surface area contributed by atoms with Gasteiger partial charge in [0.25, 0.3) is 0 Å². The number of ether oxygens (including phenoxy) is 2. The van der Waals surface area contributed by atoms with Gasteiger partial charge >= 0.3 is 5.97 Å². The summed E-state index contributed by atoms with van der Waals surface area (Å²) in [4.78, 5) is 17.9. The number of nitrogens with zero attached hydrogens (tertiary/aromatic N) is 3. The lowest BCUT2D eigenvalue weighted by atomic mass is 9.87. The molecule has 0 fully saturated rings. The minimum absolute atomic E-state index is 0.0819. The zero-order valence-electron chi connectivity index (χ0n) is 22.4. The molecule has 38 heavy (non-hydrogen) atoms. The number of hydrogen-bond donors (Lipinski definition) is 1. The van der Waals surface area contributed by atoms with Crippen LogP contribution in [0.2, 0.25) is 0 Å². The van der Waals surface area contributed by atoms with Gasteiger partial charge in [-0.3, -0.25) is 0 Å². The lowest BCUT2D eigenvalue weighted by Gasteiger charge is -2.29. The standard InChI is InChI=1S/C29H33BrN4O3S/c1-7-15-36-26(35)24-18(3)31-27-32-28(38-8-2)33-34(27)25(24)22-16-21(30)13-14-23(22)37-17-19-9-11-20(12-10-19)29(4,5)6/h7,9-14,16,25H,1,8,15,17H2,2-6H3,(H,31,32,33). The highest BCUT2D eigenvalue weighted by Crippen LogP contribution is 2.41. The molecule has 0 bridgehead atoms. The first-order chi connectivity index (χ1) is 18.1. The van der Waals surface area contributed by atoms with Crippen LogP contribution in [0.3, 0.4) is 0 Å². The molecule has 200 valence electrons. The molecule has 0 spiro atoms. The third-order valence-corrected chi connectivity index (χ3v) is 7.35. The maximum Gasteiger partial charge on any atom is 0.338 e. The summed E-state index contributed by atoms with van der Waals surface area (Å²) in [5, 5.41) is 8.60. The highest BCUT2D eigenvalue weighted by atomic mass is 79.9. The number of thioether (sulfide) groups is 1. The summed E-state index contributed by atoms with van der Waals surface area (Å²) in [6.07, 6.45) is 1.55. The number of carbonyl (C=O) groups is 1. The molecule has 1 unspecified atom stereocenters. The van der Waals surface area contributed by atoms with Crippen molar-refractivity contribution in [3.63, 3.8) is 0 Å². The van der Waals surface area contributed by atoms with E-state index in [2.05, 4.69) is 77.8 Å².